The molecular formula is C28H22ClNO4. The van der Waals surface area contributed by atoms with Crippen LogP contribution in [-0.2, 0) is 6.42 Å². The predicted molar refractivity (Wildman–Crippen MR) is 133 cm³/mol. The van der Waals surface area contributed by atoms with Crippen LogP contribution in [0.1, 0.15) is 33.3 Å². The lowest BCUT2D eigenvalue weighted by Crippen LogP contribution is -2.31. The van der Waals surface area contributed by atoms with Gasteiger partial charge in [0.2, 0.25) is 5.76 Å². The summed E-state index contributed by atoms with van der Waals surface area (Å²) in [6.07, 6.45) is 2.32. The third-order valence-electron chi connectivity index (χ3n) is 5.98. The first-order chi connectivity index (χ1) is 16.6. The molecule has 0 spiro atoms. The van der Waals surface area contributed by atoms with Crippen molar-refractivity contribution < 1.29 is 13.9 Å². The summed E-state index contributed by atoms with van der Waals surface area (Å²) < 4.78 is 11.6. The van der Waals surface area contributed by atoms with Gasteiger partial charge in [-0.15, -0.1) is 0 Å². The molecule has 0 saturated carbocycles. The Labute approximate surface area is 201 Å². The van der Waals surface area contributed by atoms with Crippen LogP contribution in [-0.4, -0.2) is 24.0 Å². The maximum atomic E-state index is 13.6. The average Bonchev–Trinajstić information content (AvgIpc) is 3.14. The largest absolute Gasteiger partial charge is 0.490 e. The fourth-order valence-corrected chi connectivity index (χ4v) is 4.54. The first kappa shape index (κ1) is 22.0. The van der Waals surface area contributed by atoms with Crippen molar-refractivity contribution in [1.82, 2.24) is 4.90 Å². The van der Waals surface area contributed by atoms with Gasteiger partial charge in [0.05, 0.1) is 17.0 Å². The smallest absolute Gasteiger partial charge is 0.290 e. The van der Waals surface area contributed by atoms with Gasteiger partial charge in [-0.1, -0.05) is 66.7 Å². The van der Waals surface area contributed by atoms with E-state index in [2.05, 4.69) is 6.58 Å². The van der Waals surface area contributed by atoms with Crippen molar-refractivity contribution in [3.63, 3.8) is 0 Å². The van der Waals surface area contributed by atoms with Gasteiger partial charge < -0.3 is 14.1 Å². The number of carbonyl (C=O) groups excluding carboxylic acids is 1. The van der Waals surface area contributed by atoms with Crippen LogP contribution in [0.5, 0.6) is 5.75 Å². The molecule has 5 rings (SSSR count). The Bertz CT molecular complexity index is 1430. The number of ether oxygens (including phenoxy) is 1. The molecule has 2 heterocycles. The predicted octanol–water partition coefficient (Wildman–Crippen LogP) is 5.80. The van der Waals surface area contributed by atoms with Crippen molar-refractivity contribution in [3.8, 4) is 5.75 Å². The first-order valence-electron chi connectivity index (χ1n) is 11.0. The highest BCUT2D eigenvalue weighted by Gasteiger charge is 2.42. The van der Waals surface area contributed by atoms with Crippen molar-refractivity contribution in [2.24, 2.45) is 0 Å². The molecule has 6 heteroatoms. The monoisotopic (exact) mass is 471 g/mol. The van der Waals surface area contributed by atoms with Gasteiger partial charge in [0.1, 0.15) is 17.9 Å². The lowest BCUT2D eigenvalue weighted by Gasteiger charge is -2.25. The number of benzene rings is 3. The molecule has 0 unspecified atom stereocenters. The van der Waals surface area contributed by atoms with E-state index in [1.54, 1.807) is 29.2 Å². The topological polar surface area (TPSA) is 59.8 Å². The van der Waals surface area contributed by atoms with Crippen molar-refractivity contribution in [2.45, 2.75) is 12.5 Å². The second-order valence-electron chi connectivity index (χ2n) is 8.12. The molecule has 1 amide bonds. The Kier molecular flexibility index (Phi) is 5.95. The number of carbonyl (C=O) groups is 1. The van der Waals surface area contributed by atoms with Crippen molar-refractivity contribution in [1.29, 1.82) is 0 Å². The molecule has 170 valence electrons. The molecule has 5 nitrogen and oxygen atoms in total. The van der Waals surface area contributed by atoms with E-state index in [9.17, 15) is 9.59 Å². The zero-order valence-electron chi connectivity index (χ0n) is 18.4. The molecule has 0 aliphatic carbocycles. The van der Waals surface area contributed by atoms with Gasteiger partial charge in [-0.3, -0.25) is 9.59 Å². The number of rotatable bonds is 7. The lowest BCUT2D eigenvalue weighted by atomic mass is 9.98. The zero-order valence-corrected chi connectivity index (χ0v) is 19.1. The molecule has 1 aliphatic heterocycles. The molecule has 1 aliphatic rings. The average molecular weight is 472 g/mol. The Balaban J connectivity index is 1.60. The Morgan fingerprint density at radius 3 is 2.53 bits per heavy atom. The van der Waals surface area contributed by atoms with Crippen molar-refractivity contribution in [3.05, 3.63) is 123 Å². The van der Waals surface area contributed by atoms with Crippen LogP contribution in [0.25, 0.3) is 11.0 Å². The molecule has 1 atom stereocenters. The van der Waals surface area contributed by atoms with Crippen LogP contribution in [0.15, 0.2) is 94.7 Å². The molecule has 0 bridgehead atoms. The van der Waals surface area contributed by atoms with Crippen LogP contribution in [0, 0.1) is 0 Å². The number of nitrogens with zero attached hydrogens (tertiary/aromatic N) is 1. The zero-order chi connectivity index (χ0) is 23.7. The lowest BCUT2D eigenvalue weighted by molar-refractivity contribution is 0.0730. The number of halogens is 1. The highest BCUT2D eigenvalue weighted by Crippen LogP contribution is 2.39. The fourth-order valence-electron chi connectivity index (χ4n) is 4.37. The third-order valence-corrected chi connectivity index (χ3v) is 6.21. The Morgan fingerprint density at radius 2 is 1.79 bits per heavy atom. The summed E-state index contributed by atoms with van der Waals surface area (Å²) in [5, 5.41) is 0.796. The summed E-state index contributed by atoms with van der Waals surface area (Å²) in [5.74, 6) is 0.475. The van der Waals surface area contributed by atoms with Crippen LogP contribution in [0.2, 0.25) is 5.02 Å². The Hall–Kier alpha value is -3.83. The van der Waals surface area contributed by atoms with Gasteiger partial charge in [0.15, 0.2) is 5.43 Å². The van der Waals surface area contributed by atoms with E-state index >= 15 is 0 Å². The normalized spacial score (nSPS) is 14.9. The minimum atomic E-state index is -0.570. The van der Waals surface area contributed by atoms with Crippen LogP contribution in [0.4, 0.5) is 0 Å². The second kappa shape index (κ2) is 9.20. The minimum absolute atomic E-state index is 0.0878. The number of hydrogen-bond donors (Lipinski definition) is 0. The minimum Gasteiger partial charge on any atom is -0.490 e. The van der Waals surface area contributed by atoms with E-state index in [4.69, 9.17) is 20.8 Å². The molecule has 1 aromatic heterocycles. The van der Waals surface area contributed by atoms with E-state index in [1.165, 1.54) is 0 Å². The van der Waals surface area contributed by atoms with Crippen molar-refractivity contribution in [2.75, 3.05) is 13.2 Å². The van der Waals surface area contributed by atoms with E-state index in [0.717, 1.165) is 11.1 Å². The summed E-state index contributed by atoms with van der Waals surface area (Å²) in [5.41, 5.74) is 2.35. The van der Waals surface area contributed by atoms with Gasteiger partial charge >= 0.3 is 0 Å². The molecule has 0 saturated heterocycles. The fraction of sp³-hybridized carbons (Fsp3) is 0.143. The van der Waals surface area contributed by atoms with Crippen molar-refractivity contribution >= 4 is 28.5 Å². The highest BCUT2D eigenvalue weighted by molar-refractivity contribution is 6.31. The van der Waals surface area contributed by atoms with Gasteiger partial charge in [-0.2, -0.15) is 0 Å². The quantitative estimate of drug-likeness (QED) is 0.320. The van der Waals surface area contributed by atoms with Crippen LogP contribution < -0.4 is 10.2 Å². The maximum Gasteiger partial charge on any atom is 0.290 e. The number of amides is 1. The number of fused-ring (bicyclic) bond motifs is 2. The molecule has 0 radical (unpaired) electrons. The highest BCUT2D eigenvalue weighted by atomic mass is 35.5. The van der Waals surface area contributed by atoms with Crippen LogP contribution >= 0.6 is 11.6 Å². The maximum absolute atomic E-state index is 13.6. The summed E-state index contributed by atoms with van der Waals surface area (Å²) in [7, 11) is 0. The Morgan fingerprint density at radius 1 is 1.03 bits per heavy atom. The summed E-state index contributed by atoms with van der Waals surface area (Å²) in [6.45, 7) is 4.49. The molecule has 4 aromatic rings. The molecule has 3 aromatic carbocycles. The molecule has 0 fully saturated rings. The molecule has 0 N–H and O–H groups in total. The molecule has 34 heavy (non-hydrogen) atoms. The molecular weight excluding hydrogens is 450 g/mol. The van der Waals surface area contributed by atoms with Crippen LogP contribution in [0.3, 0.4) is 0 Å². The van der Waals surface area contributed by atoms with E-state index in [0.29, 0.717) is 46.9 Å². The SMILES string of the molecule is C=CCOc1ccc([C@@H]2c3c(oc4ccc(Cl)cc4c3=O)C(=O)N2CCc2ccccc2)cc1. The summed E-state index contributed by atoms with van der Waals surface area (Å²) in [4.78, 5) is 28.8. The summed E-state index contributed by atoms with van der Waals surface area (Å²) in [6, 6.07) is 21.6. The van der Waals surface area contributed by atoms with Gasteiger partial charge in [0, 0.05) is 11.6 Å². The van der Waals surface area contributed by atoms with Gasteiger partial charge in [0.25, 0.3) is 5.91 Å². The third kappa shape index (κ3) is 3.99. The van der Waals surface area contributed by atoms with Gasteiger partial charge in [-0.05, 0) is 47.9 Å². The summed E-state index contributed by atoms with van der Waals surface area (Å²) >= 11 is 6.15. The van der Waals surface area contributed by atoms with E-state index in [1.807, 2.05) is 54.6 Å². The van der Waals surface area contributed by atoms with E-state index in [-0.39, 0.29) is 17.1 Å². The first-order valence-corrected chi connectivity index (χ1v) is 11.4. The standard InChI is InChI=1S/C28H22ClNO4/c1-2-16-33-21-11-8-19(9-12-21)25-24-26(31)22-17-20(29)10-13-23(22)34-27(24)28(32)30(25)15-14-18-6-4-3-5-7-18/h2-13,17,25H,1,14-16H2/t25-/m1/s1. The van der Waals surface area contributed by atoms with Gasteiger partial charge in [-0.25, -0.2) is 0 Å². The second-order valence-corrected chi connectivity index (χ2v) is 8.56. The van der Waals surface area contributed by atoms with E-state index < -0.39 is 6.04 Å². The number of hydrogen-bond acceptors (Lipinski definition) is 4.